The SMILES string of the molecule is CCC.NC(=O)CCC(NC(=O)CNC(=O)[C@H](Cc1ccccc1)NC(=O)CNC(=O)c1ccc2[nH]ccc2c1)C(O)C(F)(F)F. The highest BCUT2D eigenvalue weighted by atomic mass is 19.4. The van der Waals surface area contributed by atoms with Crippen molar-refractivity contribution in [3.8, 4) is 0 Å². The molecule has 3 atom stereocenters. The number of alkyl halides is 3. The molecular weight excluding hydrogens is 609 g/mol. The van der Waals surface area contributed by atoms with Crippen LogP contribution in [0.15, 0.2) is 60.8 Å². The summed E-state index contributed by atoms with van der Waals surface area (Å²) in [4.78, 5) is 64.5. The van der Waals surface area contributed by atoms with Gasteiger partial charge < -0.3 is 37.1 Å². The predicted molar refractivity (Wildman–Crippen MR) is 164 cm³/mol. The van der Waals surface area contributed by atoms with Gasteiger partial charge in [-0.15, -0.1) is 0 Å². The molecule has 0 aliphatic carbocycles. The lowest BCUT2D eigenvalue weighted by atomic mass is 10.0. The van der Waals surface area contributed by atoms with Crippen molar-refractivity contribution in [1.29, 1.82) is 0 Å². The van der Waals surface area contributed by atoms with Crippen LogP contribution in [-0.2, 0) is 25.6 Å². The first-order valence-electron chi connectivity index (χ1n) is 14.5. The fourth-order valence-electron chi connectivity index (χ4n) is 4.14. The number of aromatic amines is 1. The van der Waals surface area contributed by atoms with Gasteiger partial charge in [0.1, 0.15) is 6.04 Å². The molecule has 0 radical (unpaired) electrons. The van der Waals surface area contributed by atoms with Gasteiger partial charge >= 0.3 is 6.18 Å². The van der Waals surface area contributed by atoms with E-state index in [1.165, 1.54) is 6.42 Å². The van der Waals surface area contributed by atoms with Crippen molar-refractivity contribution in [2.45, 2.75) is 63.9 Å². The van der Waals surface area contributed by atoms with Gasteiger partial charge in [0.15, 0.2) is 6.10 Å². The first-order chi connectivity index (χ1) is 21.7. The summed E-state index contributed by atoms with van der Waals surface area (Å²) in [5.41, 5.74) is 6.76. The normalized spacial score (nSPS) is 12.9. The molecule has 3 aromatic rings. The van der Waals surface area contributed by atoms with Gasteiger partial charge in [0, 0.05) is 35.5 Å². The van der Waals surface area contributed by atoms with E-state index in [9.17, 15) is 42.3 Å². The average molecular weight is 649 g/mol. The van der Waals surface area contributed by atoms with E-state index in [1.54, 1.807) is 60.8 Å². The minimum Gasteiger partial charge on any atom is -0.382 e. The third-order valence-electron chi connectivity index (χ3n) is 6.35. The van der Waals surface area contributed by atoms with Crippen molar-refractivity contribution in [2.24, 2.45) is 5.73 Å². The quantitative estimate of drug-likeness (QED) is 0.139. The molecule has 8 N–H and O–H groups in total. The highest BCUT2D eigenvalue weighted by Gasteiger charge is 2.44. The van der Waals surface area contributed by atoms with Crippen molar-refractivity contribution in [2.75, 3.05) is 13.1 Å². The Kier molecular flexibility index (Phi) is 14.7. The molecule has 15 heteroatoms. The van der Waals surface area contributed by atoms with Crippen LogP contribution in [0.5, 0.6) is 0 Å². The van der Waals surface area contributed by atoms with E-state index in [1.807, 2.05) is 5.32 Å². The number of aliphatic hydroxyl groups is 1. The molecule has 2 unspecified atom stereocenters. The van der Waals surface area contributed by atoms with Crippen molar-refractivity contribution < 1.29 is 42.3 Å². The molecule has 2 aromatic carbocycles. The summed E-state index contributed by atoms with van der Waals surface area (Å²) in [5.74, 6) is -4.08. The van der Waals surface area contributed by atoms with Gasteiger partial charge in [-0.2, -0.15) is 13.2 Å². The molecule has 0 fully saturated rings. The fraction of sp³-hybridized carbons (Fsp3) is 0.387. The van der Waals surface area contributed by atoms with Gasteiger partial charge in [0.2, 0.25) is 23.6 Å². The number of benzene rings is 2. The summed E-state index contributed by atoms with van der Waals surface area (Å²) in [6.45, 7) is 2.98. The zero-order valence-electron chi connectivity index (χ0n) is 25.4. The zero-order valence-corrected chi connectivity index (χ0v) is 25.4. The second-order valence-corrected chi connectivity index (χ2v) is 10.4. The lowest BCUT2D eigenvalue weighted by molar-refractivity contribution is -0.212. The van der Waals surface area contributed by atoms with Gasteiger partial charge in [-0.05, 0) is 36.2 Å². The minimum atomic E-state index is -5.09. The molecule has 0 aliphatic rings. The number of hydrogen-bond donors (Lipinski definition) is 7. The topological polar surface area (TPSA) is 196 Å². The van der Waals surface area contributed by atoms with Gasteiger partial charge in [0.05, 0.1) is 19.1 Å². The van der Waals surface area contributed by atoms with Gasteiger partial charge in [-0.25, -0.2) is 0 Å². The number of carbonyl (C=O) groups is 5. The van der Waals surface area contributed by atoms with Crippen LogP contribution in [0.3, 0.4) is 0 Å². The average Bonchev–Trinajstić information content (AvgIpc) is 3.48. The standard InChI is InChI=1S/C28H31F3N6O6.C3H8/c29-28(30,31)25(41)20(8-9-22(32)38)36-23(39)15-35-27(43)21(12-16-4-2-1-3-5-16)37-24(40)14-34-26(42)18-6-7-19-17(13-18)10-11-33-19;1-3-2/h1-7,10-11,13,20-21,25,33,41H,8-9,12,14-15H2,(H2,32,38)(H,34,42)(H,35,43)(H,36,39)(H,37,40);3H2,1-2H3/t20?,21-,25?;/m0./s1. The van der Waals surface area contributed by atoms with Crippen molar-refractivity contribution in [3.63, 3.8) is 0 Å². The molecular formula is C31H39F3N6O6. The molecule has 0 saturated heterocycles. The Hall–Kier alpha value is -4.92. The number of nitrogens with two attached hydrogens (primary N) is 1. The van der Waals surface area contributed by atoms with E-state index in [4.69, 9.17) is 5.73 Å². The molecule has 1 aromatic heterocycles. The molecule has 0 aliphatic heterocycles. The first kappa shape index (κ1) is 37.3. The number of rotatable bonds is 14. The highest BCUT2D eigenvalue weighted by Crippen LogP contribution is 2.24. The van der Waals surface area contributed by atoms with Crippen LogP contribution in [0.1, 0.15) is 49.0 Å². The maximum atomic E-state index is 13.0. The monoisotopic (exact) mass is 648 g/mol. The van der Waals surface area contributed by atoms with Crippen LogP contribution in [0.2, 0.25) is 0 Å². The van der Waals surface area contributed by atoms with Crippen LogP contribution < -0.4 is 27.0 Å². The summed E-state index contributed by atoms with van der Waals surface area (Å²) < 4.78 is 39.1. The third kappa shape index (κ3) is 12.6. The van der Waals surface area contributed by atoms with Gasteiger partial charge in [0.25, 0.3) is 5.91 Å². The molecule has 1 heterocycles. The number of aromatic nitrogens is 1. The Bertz CT molecular complexity index is 1460. The molecule has 5 amide bonds. The largest absolute Gasteiger partial charge is 0.416 e. The zero-order chi connectivity index (χ0) is 34.3. The molecule has 250 valence electrons. The number of hydrogen-bond acceptors (Lipinski definition) is 6. The summed E-state index contributed by atoms with van der Waals surface area (Å²) >= 11 is 0. The lowest BCUT2D eigenvalue weighted by Crippen LogP contribution is -2.54. The van der Waals surface area contributed by atoms with Crippen molar-refractivity contribution >= 4 is 40.4 Å². The molecule has 0 bridgehead atoms. The Morgan fingerprint density at radius 2 is 1.54 bits per heavy atom. The smallest absolute Gasteiger partial charge is 0.382 e. The number of carbonyl (C=O) groups excluding carboxylic acids is 5. The van der Waals surface area contributed by atoms with Crippen LogP contribution >= 0.6 is 0 Å². The Morgan fingerprint density at radius 1 is 0.913 bits per heavy atom. The summed E-state index contributed by atoms with van der Waals surface area (Å²) in [6.07, 6.45) is -6.23. The Morgan fingerprint density at radius 3 is 2.17 bits per heavy atom. The van der Waals surface area contributed by atoms with E-state index < -0.39 is 79.8 Å². The summed E-state index contributed by atoms with van der Waals surface area (Å²) in [5, 5.41) is 19.5. The summed E-state index contributed by atoms with van der Waals surface area (Å²) in [6, 6.07) is 12.2. The van der Waals surface area contributed by atoms with Gasteiger partial charge in [-0.3, -0.25) is 24.0 Å². The lowest BCUT2D eigenvalue weighted by Gasteiger charge is -2.26. The van der Waals surface area contributed by atoms with Gasteiger partial charge in [-0.1, -0.05) is 50.6 Å². The second-order valence-electron chi connectivity index (χ2n) is 10.4. The minimum absolute atomic E-state index is 0.00778. The van der Waals surface area contributed by atoms with E-state index in [-0.39, 0.29) is 6.42 Å². The number of H-pyrrole nitrogens is 1. The van der Waals surface area contributed by atoms with Crippen LogP contribution in [-0.4, -0.2) is 77.1 Å². The van der Waals surface area contributed by atoms with E-state index in [2.05, 4.69) is 34.8 Å². The predicted octanol–water partition coefficient (Wildman–Crippen LogP) is 1.83. The number of aliphatic hydroxyl groups excluding tert-OH is 1. The van der Waals surface area contributed by atoms with E-state index in [0.717, 1.165) is 10.9 Å². The number of primary amides is 1. The number of nitrogens with one attached hydrogen (secondary N) is 5. The Balaban J connectivity index is 0.00000236. The third-order valence-corrected chi connectivity index (χ3v) is 6.35. The van der Waals surface area contributed by atoms with Crippen molar-refractivity contribution in [3.05, 3.63) is 71.9 Å². The number of fused-ring (bicyclic) bond motifs is 1. The maximum absolute atomic E-state index is 13.0. The second kappa shape index (κ2) is 18.1. The summed E-state index contributed by atoms with van der Waals surface area (Å²) in [7, 11) is 0. The first-order valence-corrected chi connectivity index (χ1v) is 14.5. The van der Waals surface area contributed by atoms with Crippen LogP contribution in [0.4, 0.5) is 13.2 Å². The van der Waals surface area contributed by atoms with E-state index in [0.29, 0.717) is 11.1 Å². The fourth-order valence-corrected chi connectivity index (χ4v) is 4.14. The number of amides is 5. The maximum Gasteiger partial charge on any atom is 0.416 e. The molecule has 0 spiro atoms. The molecule has 0 saturated carbocycles. The Labute approximate surface area is 263 Å². The molecule has 3 rings (SSSR count). The van der Waals surface area contributed by atoms with Crippen LogP contribution in [0.25, 0.3) is 10.9 Å². The number of halogens is 3. The molecule has 46 heavy (non-hydrogen) atoms. The van der Waals surface area contributed by atoms with Crippen molar-refractivity contribution in [1.82, 2.24) is 26.3 Å². The van der Waals surface area contributed by atoms with E-state index >= 15 is 0 Å². The van der Waals surface area contributed by atoms with Crippen LogP contribution in [0, 0.1) is 0 Å². The molecule has 12 nitrogen and oxygen atoms in total. The highest BCUT2D eigenvalue weighted by molar-refractivity contribution is 6.00.